The third kappa shape index (κ3) is 4.78. The van der Waals surface area contributed by atoms with Crippen LogP contribution in [0.2, 0.25) is 0 Å². The molecule has 1 saturated heterocycles. The molecule has 1 heterocycles. The summed E-state index contributed by atoms with van der Waals surface area (Å²) in [4.78, 5) is 38.7. The molecule has 4 rings (SSSR count). The minimum atomic E-state index is -4.19. The standard InChI is InChI=1S/C24H17BrN2O6S/c1-15-7-10-19(11-8-15)34(31,32)33-21-12-9-17(25)13-16(21)14-20-22(28)26-24(30)27(23(20)29)18-5-3-2-4-6-18/h2-14H,1H3,(H,26,28,30)/b20-14+. The van der Waals surface area contributed by atoms with E-state index >= 15 is 0 Å². The van der Waals surface area contributed by atoms with Crippen molar-refractivity contribution in [1.82, 2.24) is 5.32 Å². The summed E-state index contributed by atoms with van der Waals surface area (Å²) in [6.07, 6.45) is 1.19. The average Bonchev–Trinajstić information content (AvgIpc) is 2.79. The number of nitrogens with one attached hydrogen (secondary N) is 1. The number of nitrogens with zero attached hydrogens (tertiary/aromatic N) is 1. The van der Waals surface area contributed by atoms with E-state index in [4.69, 9.17) is 4.18 Å². The monoisotopic (exact) mass is 540 g/mol. The number of carbonyl (C=O) groups excluding carboxylic acids is 3. The van der Waals surface area contributed by atoms with Crippen molar-refractivity contribution in [3.8, 4) is 5.75 Å². The van der Waals surface area contributed by atoms with Crippen LogP contribution in [0.1, 0.15) is 11.1 Å². The van der Waals surface area contributed by atoms with E-state index in [2.05, 4.69) is 21.2 Å². The Morgan fingerprint density at radius 2 is 1.62 bits per heavy atom. The van der Waals surface area contributed by atoms with Gasteiger partial charge in [0.15, 0.2) is 0 Å². The van der Waals surface area contributed by atoms with E-state index in [-0.39, 0.29) is 27.5 Å². The Labute approximate surface area is 204 Å². The van der Waals surface area contributed by atoms with Crippen LogP contribution >= 0.6 is 15.9 Å². The van der Waals surface area contributed by atoms with Crippen molar-refractivity contribution in [3.05, 3.63) is 94.0 Å². The van der Waals surface area contributed by atoms with Gasteiger partial charge < -0.3 is 4.18 Å². The maximum Gasteiger partial charge on any atom is 0.339 e. The van der Waals surface area contributed by atoms with Gasteiger partial charge in [0.2, 0.25) is 0 Å². The van der Waals surface area contributed by atoms with Crippen molar-refractivity contribution in [3.63, 3.8) is 0 Å². The minimum Gasteiger partial charge on any atom is -0.378 e. The fourth-order valence-electron chi connectivity index (χ4n) is 3.20. The SMILES string of the molecule is Cc1ccc(S(=O)(=O)Oc2ccc(Br)cc2/C=C2\C(=O)NC(=O)N(c3ccccc3)C2=O)cc1. The Bertz CT molecular complexity index is 1430. The molecule has 0 radical (unpaired) electrons. The summed E-state index contributed by atoms with van der Waals surface area (Å²) < 4.78 is 31.5. The number of amides is 4. The van der Waals surface area contributed by atoms with E-state index in [9.17, 15) is 22.8 Å². The average molecular weight is 541 g/mol. The summed E-state index contributed by atoms with van der Waals surface area (Å²) in [5.74, 6) is -1.86. The van der Waals surface area contributed by atoms with Gasteiger partial charge in [0.25, 0.3) is 11.8 Å². The first-order valence-corrected chi connectivity index (χ1v) is 12.1. The molecule has 172 valence electrons. The maximum absolute atomic E-state index is 13.1. The highest BCUT2D eigenvalue weighted by molar-refractivity contribution is 9.10. The van der Waals surface area contributed by atoms with E-state index in [0.717, 1.165) is 10.5 Å². The number of benzene rings is 3. The lowest BCUT2D eigenvalue weighted by molar-refractivity contribution is -0.122. The number of barbiturate groups is 1. The number of para-hydroxylation sites is 1. The topological polar surface area (TPSA) is 110 Å². The Kier molecular flexibility index (Phi) is 6.36. The molecule has 0 aliphatic carbocycles. The lowest BCUT2D eigenvalue weighted by Gasteiger charge is -2.26. The zero-order valence-corrected chi connectivity index (χ0v) is 20.1. The molecular formula is C24H17BrN2O6S. The summed E-state index contributed by atoms with van der Waals surface area (Å²) in [5.41, 5.74) is 0.938. The predicted octanol–water partition coefficient (Wildman–Crippen LogP) is 4.19. The molecule has 0 unspecified atom stereocenters. The molecular weight excluding hydrogens is 524 g/mol. The molecule has 10 heteroatoms. The summed E-state index contributed by atoms with van der Waals surface area (Å²) in [7, 11) is -4.19. The van der Waals surface area contributed by atoms with E-state index < -0.39 is 28.0 Å². The molecule has 1 N–H and O–H groups in total. The number of aryl methyl sites for hydroxylation is 1. The maximum atomic E-state index is 13.1. The van der Waals surface area contributed by atoms with Gasteiger partial charge in [0, 0.05) is 10.0 Å². The molecule has 1 aliphatic heterocycles. The number of rotatable bonds is 5. The summed E-state index contributed by atoms with van der Waals surface area (Å²) >= 11 is 3.30. The van der Waals surface area contributed by atoms with Crippen LogP contribution in [0.25, 0.3) is 6.08 Å². The van der Waals surface area contributed by atoms with Crippen molar-refractivity contribution in [2.45, 2.75) is 11.8 Å². The second kappa shape index (κ2) is 9.24. The molecule has 0 saturated carbocycles. The van der Waals surface area contributed by atoms with Crippen molar-refractivity contribution in [1.29, 1.82) is 0 Å². The number of halogens is 1. The molecule has 1 aliphatic rings. The fraction of sp³-hybridized carbons (Fsp3) is 0.0417. The largest absolute Gasteiger partial charge is 0.378 e. The Balaban J connectivity index is 1.74. The van der Waals surface area contributed by atoms with E-state index in [1.54, 1.807) is 48.5 Å². The Morgan fingerprint density at radius 3 is 2.29 bits per heavy atom. The van der Waals surface area contributed by atoms with Gasteiger partial charge in [-0.25, -0.2) is 9.69 Å². The van der Waals surface area contributed by atoms with Crippen LogP contribution < -0.4 is 14.4 Å². The van der Waals surface area contributed by atoms with Gasteiger partial charge in [-0.1, -0.05) is 51.8 Å². The smallest absolute Gasteiger partial charge is 0.339 e. The molecule has 0 atom stereocenters. The zero-order chi connectivity index (χ0) is 24.5. The lowest BCUT2D eigenvalue weighted by atomic mass is 10.1. The minimum absolute atomic E-state index is 0.0491. The van der Waals surface area contributed by atoms with Crippen LogP contribution in [0.5, 0.6) is 5.75 Å². The Hall–Kier alpha value is -3.76. The molecule has 0 bridgehead atoms. The van der Waals surface area contributed by atoms with Gasteiger partial charge in [-0.15, -0.1) is 0 Å². The van der Waals surface area contributed by atoms with Crippen LogP contribution in [-0.2, 0) is 19.7 Å². The highest BCUT2D eigenvalue weighted by atomic mass is 79.9. The van der Waals surface area contributed by atoms with E-state index in [1.165, 1.54) is 30.3 Å². The van der Waals surface area contributed by atoms with Gasteiger partial charge in [-0.2, -0.15) is 8.42 Å². The van der Waals surface area contributed by atoms with Gasteiger partial charge in [-0.05, 0) is 55.5 Å². The van der Waals surface area contributed by atoms with Gasteiger partial charge in [0.05, 0.1) is 5.69 Å². The van der Waals surface area contributed by atoms with Crippen LogP contribution in [-0.4, -0.2) is 26.3 Å². The van der Waals surface area contributed by atoms with E-state index in [1.807, 2.05) is 6.92 Å². The molecule has 4 amide bonds. The fourth-order valence-corrected chi connectivity index (χ4v) is 4.54. The first-order valence-electron chi connectivity index (χ1n) is 9.93. The van der Waals surface area contributed by atoms with Crippen molar-refractivity contribution < 1.29 is 27.0 Å². The highest BCUT2D eigenvalue weighted by Crippen LogP contribution is 2.30. The summed E-state index contributed by atoms with van der Waals surface area (Å²) in [6, 6.07) is 17.8. The van der Waals surface area contributed by atoms with Gasteiger partial charge in [-0.3, -0.25) is 14.9 Å². The zero-order valence-electron chi connectivity index (χ0n) is 17.7. The third-order valence-electron chi connectivity index (χ3n) is 4.90. The van der Waals surface area contributed by atoms with Gasteiger partial charge in [0.1, 0.15) is 16.2 Å². The second-order valence-electron chi connectivity index (χ2n) is 7.33. The van der Waals surface area contributed by atoms with Crippen LogP contribution in [0, 0.1) is 6.92 Å². The number of anilines is 1. The molecule has 0 spiro atoms. The number of carbonyl (C=O) groups is 3. The number of hydrogen-bond donors (Lipinski definition) is 1. The molecule has 34 heavy (non-hydrogen) atoms. The Morgan fingerprint density at radius 1 is 0.941 bits per heavy atom. The molecule has 3 aromatic carbocycles. The summed E-state index contributed by atoms with van der Waals surface area (Å²) in [5, 5.41) is 2.13. The number of urea groups is 1. The highest BCUT2D eigenvalue weighted by Gasteiger charge is 2.37. The quantitative estimate of drug-likeness (QED) is 0.295. The molecule has 1 fully saturated rings. The van der Waals surface area contributed by atoms with E-state index in [0.29, 0.717) is 4.47 Å². The predicted molar refractivity (Wildman–Crippen MR) is 129 cm³/mol. The molecule has 0 aromatic heterocycles. The van der Waals surface area contributed by atoms with Crippen molar-refractivity contribution in [2.24, 2.45) is 0 Å². The molecule has 3 aromatic rings. The number of hydrogen-bond acceptors (Lipinski definition) is 6. The molecule has 8 nitrogen and oxygen atoms in total. The van der Waals surface area contributed by atoms with Gasteiger partial charge >= 0.3 is 16.1 Å². The first kappa shape index (κ1) is 23.4. The first-order chi connectivity index (χ1) is 16.2. The summed E-state index contributed by atoms with van der Waals surface area (Å²) in [6.45, 7) is 1.83. The van der Waals surface area contributed by atoms with Crippen LogP contribution in [0.3, 0.4) is 0 Å². The van der Waals surface area contributed by atoms with Crippen LogP contribution in [0.15, 0.2) is 87.7 Å². The normalized spacial score (nSPS) is 15.4. The second-order valence-corrected chi connectivity index (χ2v) is 9.79. The van der Waals surface area contributed by atoms with Crippen molar-refractivity contribution >= 4 is 55.7 Å². The van der Waals surface area contributed by atoms with Crippen molar-refractivity contribution in [2.75, 3.05) is 4.90 Å². The number of imide groups is 2. The van der Waals surface area contributed by atoms with Crippen LogP contribution in [0.4, 0.5) is 10.5 Å². The third-order valence-corrected chi connectivity index (χ3v) is 6.64. The lowest BCUT2D eigenvalue weighted by Crippen LogP contribution is -2.54.